The molecule has 1 aliphatic rings. The minimum atomic E-state index is -5.56. The number of aliphatic hydroxyl groups is 4. The van der Waals surface area contributed by atoms with Gasteiger partial charge in [-0.2, -0.15) is 0 Å². The molecule has 1 fully saturated rings. The molecule has 0 radical (unpaired) electrons. The van der Waals surface area contributed by atoms with Crippen molar-refractivity contribution in [3.63, 3.8) is 0 Å². The van der Waals surface area contributed by atoms with Gasteiger partial charge < -0.3 is 54.4 Å². The van der Waals surface area contributed by atoms with E-state index in [1.165, 1.54) is 51.4 Å². The second-order valence-electron chi connectivity index (χ2n) is 14.6. The van der Waals surface area contributed by atoms with Crippen LogP contribution in [0.15, 0.2) is 0 Å². The number of hydrogen-bond donors (Lipinski definition) is 9. The van der Waals surface area contributed by atoms with Gasteiger partial charge in [0.1, 0.15) is 49.5 Å². The van der Waals surface area contributed by atoms with Crippen molar-refractivity contribution in [1.82, 2.24) is 0 Å². The van der Waals surface area contributed by atoms with E-state index in [0.29, 0.717) is 12.8 Å². The SMILES string of the molecule is C#CC#CC#CC#CC#CC#CC#CC#CSC(=O)CCC.CCCCCCCCCCCCCCCC(=O)O[C@H](COCO)COP(=O)(O)OC1C(O)[C@H](OP(=O)(O)O)[C@H](OP(=O)(O)O)C(O)[C@@H]1O.[HH].[HH].[HH].[HH].[HH].[HH].[HH].[HH].[HH].[HH].[HH].[HH].[HH].[HH].[HH]. The van der Waals surface area contributed by atoms with E-state index in [-0.39, 0.29) is 32.9 Å². The Morgan fingerprint density at radius 3 is 1.44 bits per heavy atom. The molecule has 1 saturated carbocycles. The molecule has 0 bridgehead atoms. The lowest BCUT2D eigenvalue weighted by Crippen LogP contribution is -2.65. The largest absolute Gasteiger partial charge is 0.472 e. The lowest BCUT2D eigenvalue weighted by atomic mass is 9.85. The molecule has 0 saturated heterocycles. The summed E-state index contributed by atoms with van der Waals surface area (Å²) in [6.45, 7) is 1.99. The van der Waals surface area contributed by atoms with Crippen LogP contribution in [0.3, 0.4) is 0 Å². The third-order valence-corrected chi connectivity index (χ3v) is 11.5. The Morgan fingerprint density at radius 2 is 1.00 bits per heavy atom. The van der Waals surface area contributed by atoms with Gasteiger partial charge in [0.25, 0.3) is 0 Å². The number of carbonyl (C=O) groups is 2. The van der Waals surface area contributed by atoms with Gasteiger partial charge in [0.2, 0.25) is 5.12 Å². The number of carbonyl (C=O) groups excluding carboxylic acids is 2. The molecule has 0 heterocycles. The quantitative estimate of drug-likeness (QED) is 0.0117. The van der Waals surface area contributed by atoms with Crippen molar-refractivity contribution in [2.24, 2.45) is 0 Å². The van der Waals surface area contributed by atoms with Crippen molar-refractivity contribution in [1.29, 1.82) is 0 Å². The van der Waals surface area contributed by atoms with Crippen LogP contribution in [0.5, 0.6) is 0 Å². The van der Waals surface area contributed by atoms with Gasteiger partial charge in [0.05, 0.1) is 13.2 Å². The Labute approximate surface area is 436 Å². The van der Waals surface area contributed by atoms with Crippen molar-refractivity contribution in [3.05, 3.63) is 0 Å². The first-order valence-electron chi connectivity index (χ1n) is 21.9. The van der Waals surface area contributed by atoms with Gasteiger partial charge in [-0.25, -0.2) is 13.7 Å². The van der Waals surface area contributed by atoms with Crippen LogP contribution in [0.25, 0.3) is 0 Å². The van der Waals surface area contributed by atoms with Crippen LogP contribution in [0, 0.1) is 94.6 Å². The number of rotatable bonds is 29. The fourth-order valence-corrected chi connectivity index (χ4v) is 8.41. The Hall–Kier alpha value is -3.90. The zero-order valence-electron chi connectivity index (χ0n) is 38.8. The van der Waals surface area contributed by atoms with Gasteiger partial charge in [0.15, 0.2) is 0 Å². The van der Waals surface area contributed by atoms with Crippen LogP contribution >= 0.6 is 35.2 Å². The molecule has 1 aliphatic carbocycles. The lowest BCUT2D eigenvalue weighted by molar-refractivity contribution is -0.213. The topological polar surface area (TPSA) is 323 Å². The van der Waals surface area contributed by atoms with Crippen LogP contribution in [-0.4, -0.2) is 119 Å². The number of terminal acetylenes is 1. The number of esters is 1. The predicted octanol–water partition coefficient (Wildman–Crippen LogP) is 7.25. The highest BCUT2D eigenvalue weighted by Crippen LogP contribution is 2.51. The summed E-state index contributed by atoms with van der Waals surface area (Å²) in [5.41, 5.74) is 0. The molecule has 0 spiro atoms. The molecule has 416 valence electrons. The van der Waals surface area contributed by atoms with Crippen LogP contribution in [-0.2, 0) is 50.9 Å². The van der Waals surface area contributed by atoms with E-state index in [2.05, 4.69) is 104 Å². The van der Waals surface area contributed by atoms with E-state index in [9.17, 15) is 43.5 Å². The molecule has 24 heteroatoms. The molecule has 4 unspecified atom stereocenters. The molecule has 9 N–H and O–H groups in total. The van der Waals surface area contributed by atoms with Crippen LogP contribution in [0.1, 0.15) is 138 Å². The van der Waals surface area contributed by atoms with Gasteiger partial charge in [-0.3, -0.25) is 27.7 Å². The Balaban J connectivity index is -0.0000000804. The molecule has 20 nitrogen and oxygen atoms in total. The maximum Gasteiger partial charge on any atom is 0.472 e. The molecule has 1 rings (SSSR count). The van der Waals surface area contributed by atoms with E-state index in [1.54, 1.807) is 0 Å². The molecular formula is C46H91O20P3S. The first-order chi connectivity index (χ1) is 33.2. The van der Waals surface area contributed by atoms with Gasteiger partial charge in [-0.05, 0) is 101 Å². The third kappa shape index (κ3) is 36.1. The van der Waals surface area contributed by atoms with Gasteiger partial charge in [-0.1, -0.05) is 90.9 Å². The Bertz CT molecular complexity index is 2300. The number of phosphoric acid groups is 3. The maximum atomic E-state index is 12.7. The molecule has 0 aromatic rings. The number of ether oxygens (including phenoxy) is 2. The van der Waals surface area contributed by atoms with E-state index in [4.69, 9.17) is 49.6 Å². The van der Waals surface area contributed by atoms with Crippen molar-refractivity contribution < 1.29 is 117 Å². The summed E-state index contributed by atoms with van der Waals surface area (Å²) in [5.74, 6) is 33.5. The fraction of sp³-hybridized carbons (Fsp3) is 0.609. The summed E-state index contributed by atoms with van der Waals surface area (Å²) < 4.78 is 63.4. The van der Waals surface area contributed by atoms with Crippen molar-refractivity contribution in [2.75, 3.05) is 20.0 Å². The fourth-order valence-electron chi connectivity index (χ4n) is 5.79. The molecule has 0 aromatic carbocycles. The molecule has 0 aliphatic heterocycles. The Kier molecular flexibility index (Phi) is 37.5. The van der Waals surface area contributed by atoms with Gasteiger partial charge in [-0.15, -0.1) is 6.42 Å². The number of hydrogen-bond acceptors (Lipinski definition) is 16. The maximum absolute atomic E-state index is 12.7. The molecule has 0 amide bonds. The molecule has 70 heavy (non-hydrogen) atoms. The number of unbranched alkanes of at least 4 members (excludes halogenated alkanes) is 12. The van der Waals surface area contributed by atoms with Gasteiger partial charge >= 0.3 is 29.4 Å². The smallest absolute Gasteiger partial charge is 0.457 e. The van der Waals surface area contributed by atoms with Crippen LogP contribution in [0.2, 0.25) is 0 Å². The van der Waals surface area contributed by atoms with Crippen LogP contribution in [0.4, 0.5) is 0 Å². The van der Waals surface area contributed by atoms with E-state index < -0.39 is 92.2 Å². The molecule has 0 aromatic heterocycles. The first kappa shape index (κ1) is 66.1. The van der Waals surface area contributed by atoms with E-state index in [1.807, 2.05) is 6.92 Å². The van der Waals surface area contributed by atoms with E-state index in [0.717, 1.165) is 43.9 Å². The zero-order chi connectivity index (χ0) is 52.7. The average molecular weight is 1090 g/mol. The minimum Gasteiger partial charge on any atom is -0.457 e. The van der Waals surface area contributed by atoms with E-state index >= 15 is 0 Å². The normalized spacial score (nSPS) is 19.2. The highest BCUT2D eigenvalue weighted by Gasteiger charge is 2.56. The summed E-state index contributed by atoms with van der Waals surface area (Å²) in [6, 6.07) is 0. The van der Waals surface area contributed by atoms with Crippen LogP contribution < -0.4 is 0 Å². The highest BCUT2D eigenvalue weighted by molar-refractivity contribution is 8.17. The summed E-state index contributed by atoms with van der Waals surface area (Å²) in [7, 11) is -16.4. The van der Waals surface area contributed by atoms with Gasteiger partial charge in [0, 0.05) is 46.0 Å². The predicted molar refractivity (Wildman–Crippen MR) is 288 cm³/mol. The first-order valence-corrected chi connectivity index (χ1v) is 27.3. The van der Waals surface area contributed by atoms with Crippen molar-refractivity contribution in [2.45, 2.75) is 159 Å². The third-order valence-electron chi connectivity index (χ3n) is 8.89. The Morgan fingerprint density at radius 1 is 0.571 bits per heavy atom. The summed E-state index contributed by atoms with van der Waals surface area (Å²) in [4.78, 5) is 70.2. The van der Waals surface area contributed by atoms with Crippen molar-refractivity contribution >= 4 is 46.3 Å². The summed E-state index contributed by atoms with van der Waals surface area (Å²) >= 11 is 0.955. The standard InChI is InChI=1S/C26H53O19P3.C20H8OS.15H2/c1-2-3-4-5-6-7-8-9-10-11-12-13-14-15-20(28)42-19(16-40-18-27)17-41-48(38,39)45-24-21(29)22(30)25(43-46(32,33)34)26(23(24)31)44-47(35,36)37;1-3-5-6-7-8-9-10-11-12-13-14-15-16-17-19-22-20(21)18-4-2;;;;;;;;;;;;;;;/h19,21-27,29-31H,2-18H2,1H3,(H,38,39)(H2,32,33,34)(H2,35,36,37);1H,4,18H2,2H3;15*1H/t19-,21+,22?,23?,24?,25-,26+;;;;;;;;;;;;;;;;/m1................/s1. The average Bonchev–Trinajstić information content (AvgIpc) is 3.29. The number of aliphatic hydroxyl groups excluding tert-OH is 4. The highest BCUT2D eigenvalue weighted by atomic mass is 32.2. The molecule has 8 atom stereocenters. The number of thioether (sulfide) groups is 1. The second kappa shape index (κ2) is 39.7. The summed E-state index contributed by atoms with van der Waals surface area (Å²) in [5, 5.41) is 42.8. The monoisotopic (exact) mass is 1090 g/mol. The second-order valence-corrected chi connectivity index (χ2v) is 19.3. The summed E-state index contributed by atoms with van der Waals surface area (Å²) in [6.07, 6.45) is 4.55. The number of phosphoric ester groups is 3. The minimum absolute atomic E-state index is 0. The molecular weight excluding hydrogens is 997 g/mol. The zero-order valence-corrected chi connectivity index (χ0v) is 42.3. The van der Waals surface area contributed by atoms with Crippen molar-refractivity contribution in [3.8, 4) is 94.6 Å². The lowest BCUT2D eigenvalue weighted by Gasteiger charge is -2.44.